The number of hydrogen-bond acceptors (Lipinski definition) is 5. The summed E-state index contributed by atoms with van der Waals surface area (Å²) in [6.07, 6.45) is 4.14. The lowest BCUT2D eigenvalue weighted by Gasteiger charge is -2.50. The first kappa shape index (κ1) is 25.6. The zero-order valence-electron chi connectivity index (χ0n) is 21.1. The van der Waals surface area contributed by atoms with Crippen LogP contribution in [0.25, 0.3) is 16.8 Å². The second-order valence-corrected chi connectivity index (χ2v) is 11.7. The summed E-state index contributed by atoms with van der Waals surface area (Å²) >= 11 is 12.4. The monoisotopic (exact) mass is 607 g/mol. The van der Waals surface area contributed by atoms with E-state index in [9.17, 15) is 0 Å². The summed E-state index contributed by atoms with van der Waals surface area (Å²) in [4.78, 5) is 2.46. The molecule has 0 radical (unpaired) electrons. The number of halogens is 2. The number of hydrogen-bond donors (Lipinski definition) is 0. The minimum absolute atomic E-state index is 0.258. The van der Waals surface area contributed by atoms with Crippen molar-refractivity contribution in [1.29, 1.82) is 0 Å². The predicted molar refractivity (Wildman–Crippen MR) is 161 cm³/mol. The number of nitrogens with zero attached hydrogens (tertiary/aromatic N) is 1. The van der Waals surface area contributed by atoms with Crippen molar-refractivity contribution in [1.82, 2.24) is 4.90 Å². The number of thioether (sulfide) groups is 1. The quantitative estimate of drug-likeness (QED) is 0.229. The average molecular weight is 609 g/mol. The molecule has 2 heterocycles. The molecule has 0 spiro atoms. The summed E-state index contributed by atoms with van der Waals surface area (Å²) in [5.41, 5.74) is 2.85. The molecule has 194 valence electrons. The summed E-state index contributed by atoms with van der Waals surface area (Å²) in [6, 6.07) is 25.1. The third-order valence-electron chi connectivity index (χ3n) is 7.45. The summed E-state index contributed by atoms with van der Waals surface area (Å²) in [5.74, 6) is 4.19. The largest absolute Gasteiger partial charge is 0.496 e. The standard InChI is InChI=1S/C31H27BrClNO3S/c1-35-28-12-8-21(17-25(28)32)31(22-9-13-29(36-2)26(33)18-22)19-38-16-15-34(31)30-14-10-24-23-6-4-3-5-20(23)7-11-27(24)37-30/h3-14,17-18,30H,15-16,19H2,1-2H3. The lowest BCUT2D eigenvalue weighted by Crippen LogP contribution is -2.58. The first-order chi connectivity index (χ1) is 18.5. The minimum atomic E-state index is -0.503. The van der Waals surface area contributed by atoms with E-state index >= 15 is 0 Å². The Kier molecular flexibility index (Phi) is 7.08. The third kappa shape index (κ3) is 4.28. The number of rotatable bonds is 5. The van der Waals surface area contributed by atoms with Crippen LogP contribution in [0.5, 0.6) is 17.2 Å². The van der Waals surface area contributed by atoms with Gasteiger partial charge in [-0.1, -0.05) is 54.1 Å². The fourth-order valence-corrected chi connectivity index (χ4v) is 7.64. The Labute approximate surface area is 240 Å². The zero-order chi connectivity index (χ0) is 26.3. The second-order valence-electron chi connectivity index (χ2n) is 9.37. The van der Waals surface area contributed by atoms with Gasteiger partial charge < -0.3 is 14.2 Å². The van der Waals surface area contributed by atoms with Gasteiger partial charge in [-0.2, -0.15) is 11.8 Å². The highest BCUT2D eigenvalue weighted by atomic mass is 79.9. The van der Waals surface area contributed by atoms with E-state index in [1.165, 1.54) is 10.8 Å². The van der Waals surface area contributed by atoms with Gasteiger partial charge in [0.25, 0.3) is 0 Å². The molecule has 2 unspecified atom stereocenters. The van der Waals surface area contributed by atoms with Gasteiger partial charge in [0.15, 0.2) is 6.23 Å². The Hall–Kier alpha value is -2.64. The lowest BCUT2D eigenvalue weighted by molar-refractivity contribution is -0.00113. The van der Waals surface area contributed by atoms with Gasteiger partial charge in [0.1, 0.15) is 17.2 Å². The molecule has 0 aliphatic carbocycles. The van der Waals surface area contributed by atoms with Crippen molar-refractivity contribution >= 4 is 56.1 Å². The second kappa shape index (κ2) is 10.5. The maximum Gasteiger partial charge on any atom is 0.173 e. The van der Waals surface area contributed by atoms with Crippen molar-refractivity contribution < 1.29 is 14.2 Å². The Bertz CT molecular complexity index is 1490. The van der Waals surface area contributed by atoms with Gasteiger partial charge in [-0.15, -0.1) is 0 Å². The van der Waals surface area contributed by atoms with Crippen molar-refractivity contribution in [3.05, 3.63) is 105 Å². The Morgan fingerprint density at radius 2 is 1.74 bits per heavy atom. The maximum absolute atomic E-state index is 6.76. The van der Waals surface area contributed by atoms with Gasteiger partial charge in [-0.25, -0.2) is 4.90 Å². The summed E-state index contributed by atoms with van der Waals surface area (Å²) in [7, 11) is 3.32. The maximum atomic E-state index is 6.76. The fourth-order valence-electron chi connectivity index (χ4n) is 5.58. The SMILES string of the molecule is COc1ccc(C2(c3ccc(OC)c(Br)c3)CSCCN2C2C=Cc3c(ccc4ccccc34)O2)cc1Cl. The van der Waals surface area contributed by atoms with Crippen molar-refractivity contribution in [2.75, 3.05) is 32.3 Å². The molecule has 0 amide bonds. The van der Waals surface area contributed by atoms with Crippen molar-refractivity contribution in [2.45, 2.75) is 11.8 Å². The van der Waals surface area contributed by atoms with Gasteiger partial charge in [0.2, 0.25) is 0 Å². The summed E-state index contributed by atoms with van der Waals surface area (Å²) in [6.45, 7) is 0.843. The Balaban J connectivity index is 1.50. The van der Waals surface area contributed by atoms with E-state index < -0.39 is 5.54 Å². The van der Waals surface area contributed by atoms with E-state index in [2.05, 4.69) is 87.6 Å². The molecule has 4 aromatic carbocycles. The molecule has 1 fully saturated rings. The van der Waals surface area contributed by atoms with E-state index in [1.54, 1.807) is 14.2 Å². The third-order valence-corrected chi connectivity index (χ3v) is 9.46. The van der Waals surface area contributed by atoms with Gasteiger partial charge in [-0.05, 0) is 80.3 Å². The highest BCUT2D eigenvalue weighted by Crippen LogP contribution is 2.47. The van der Waals surface area contributed by atoms with Crippen LogP contribution in [0.3, 0.4) is 0 Å². The average Bonchev–Trinajstić information content (AvgIpc) is 2.96. The molecule has 2 aliphatic heterocycles. The molecule has 38 heavy (non-hydrogen) atoms. The molecule has 4 nitrogen and oxygen atoms in total. The van der Waals surface area contributed by atoms with Crippen LogP contribution in [-0.2, 0) is 5.54 Å². The smallest absolute Gasteiger partial charge is 0.173 e. The molecule has 0 bridgehead atoms. The number of fused-ring (bicyclic) bond motifs is 3. The Morgan fingerprint density at radius 3 is 2.50 bits per heavy atom. The van der Waals surface area contributed by atoms with Crippen LogP contribution in [0.15, 0.2) is 83.3 Å². The van der Waals surface area contributed by atoms with Crippen LogP contribution in [0.2, 0.25) is 5.02 Å². The van der Waals surface area contributed by atoms with E-state index in [-0.39, 0.29) is 6.23 Å². The highest BCUT2D eigenvalue weighted by molar-refractivity contribution is 9.10. The zero-order valence-corrected chi connectivity index (χ0v) is 24.3. The van der Waals surface area contributed by atoms with Crippen molar-refractivity contribution in [3.63, 3.8) is 0 Å². The molecular weight excluding hydrogens is 582 g/mol. The first-order valence-electron chi connectivity index (χ1n) is 12.4. The lowest BCUT2D eigenvalue weighted by atomic mass is 9.81. The minimum Gasteiger partial charge on any atom is -0.496 e. The summed E-state index contributed by atoms with van der Waals surface area (Å²) in [5, 5.41) is 2.99. The topological polar surface area (TPSA) is 30.9 Å². The normalized spacial score (nSPS) is 21.1. The molecule has 0 aromatic heterocycles. The molecule has 6 rings (SSSR count). The predicted octanol–water partition coefficient (Wildman–Crippen LogP) is 8.00. The van der Waals surface area contributed by atoms with E-state index in [1.807, 2.05) is 30.0 Å². The van der Waals surface area contributed by atoms with Crippen LogP contribution >= 0.6 is 39.3 Å². The van der Waals surface area contributed by atoms with Gasteiger partial charge in [0.05, 0.1) is 29.3 Å². The number of methoxy groups -OCH3 is 2. The summed E-state index contributed by atoms with van der Waals surface area (Å²) < 4.78 is 18.7. The fraction of sp³-hybridized carbons (Fsp3) is 0.226. The van der Waals surface area contributed by atoms with Crippen LogP contribution < -0.4 is 14.2 Å². The number of benzene rings is 4. The molecule has 2 atom stereocenters. The first-order valence-corrected chi connectivity index (χ1v) is 14.8. The van der Waals surface area contributed by atoms with Crippen LogP contribution in [0.1, 0.15) is 16.7 Å². The van der Waals surface area contributed by atoms with Crippen LogP contribution in [-0.4, -0.2) is 43.4 Å². The van der Waals surface area contributed by atoms with E-state index in [0.717, 1.165) is 50.7 Å². The highest BCUT2D eigenvalue weighted by Gasteiger charge is 2.47. The van der Waals surface area contributed by atoms with E-state index in [4.69, 9.17) is 25.8 Å². The number of ether oxygens (including phenoxy) is 3. The van der Waals surface area contributed by atoms with Gasteiger partial charge in [-0.3, -0.25) is 0 Å². The van der Waals surface area contributed by atoms with E-state index in [0.29, 0.717) is 10.8 Å². The van der Waals surface area contributed by atoms with Gasteiger partial charge >= 0.3 is 0 Å². The van der Waals surface area contributed by atoms with Crippen LogP contribution in [0, 0.1) is 0 Å². The molecule has 0 N–H and O–H groups in total. The van der Waals surface area contributed by atoms with Gasteiger partial charge in [0, 0.05) is 23.6 Å². The molecule has 4 aromatic rings. The Morgan fingerprint density at radius 1 is 0.974 bits per heavy atom. The molecular formula is C31H27BrClNO3S. The van der Waals surface area contributed by atoms with Crippen LogP contribution in [0.4, 0.5) is 0 Å². The molecule has 7 heteroatoms. The van der Waals surface area contributed by atoms with Crippen molar-refractivity contribution in [3.8, 4) is 17.2 Å². The molecule has 0 saturated carbocycles. The molecule has 1 saturated heterocycles. The molecule has 2 aliphatic rings. The van der Waals surface area contributed by atoms with Crippen molar-refractivity contribution in [2.24, 2.45) is 0 Å².